The number of benzene rings is 2. The molecule has 0 spiro atoms. The standard InChI is InChI=1S/C20H24/c1-19(2,3)17-12-16(15-10-8-7-9-11-15)13-18(14-17)20(4,5)6/h7-10,12,14H,1-6H3. The maximum Gasteiger partial charge on any atom is -0.00583 e. The Hall–Kier alpha value is -1.56. The van der Waals surface area contributed by atoms with Crippen molar-refractivity contribution in [2.24, 2.45) is 0 Å². The van der Waals surface area contributed by atoms with Crippen LogP contribution in [0.15, 0.2) is 36.4 Å². The zero-order chi connectivity index (χ0) is 15.0. The molecule has 2 aromatic rings. The first-order valence-corrected chi connectivity index (χ1v) is 7.23. The quantitative estimate of drug-likeness (QED) is 0.633. The van der Waals surface area contributed by atoms with Crippen molar-refractivity contribution in [3.63, 3.8) is 0 Å². The molecule has 0 bridgehead atoms. The van der Waals surface area contributed by atoms with Crippen LogP contribution >= 0.6 is 0 Å². The molecule has 0 amide bonds. The van der Waals surface area contributed by atoms with Gasteiger partial charge in [-0.3, -0.25) is 0 Å². The van der Waals surface area contributed by atoms with Gasteiger partial charge in [0.1, 0.15) is 0 Å². The van der Waals surface area contributed by atoms with Crippen LogP contribution in [0.25, 0.3) is 11.1 Å². The summed E-state index contributed by atoms with van der Waals surface area (Å²) >= 11 is 0. The fourth-order valence-corrected chi connectivity index (χ4v) is 2.11. The highest BCUT2D eigenvalue weighted by Crippen LogP contribution is 2.33. The molecule has 0 heteroatoms. The van der Waals surface area contributed by atoms with Gasteiger partial charge < -0.3 is 0 Å². The van der Waals surface area contributed by atoms with Crippen molar-refractivity contribution in [3.8, 4) is 11.1 Å². The van der Waals surface area contributed by atoms with E-state index in [0.717, 1.165) is 11.1 Å². The minimum atomic E-state index is 0.102. The molecule has 2 radical (unpaired) electrons. The number of hydrogen-bond acceptors (Lipinski definition) is 0. The Morgan fingerprint density at radius 2 is 1.50 bits per heavy atom. The van der Waals surface area contributed by atoms with E-state index in [1.165, 1.54) is 11.1 Å². The summed E-state index contributed by atoms with van der Waals surface area (Å²) in [5.41, 5.74) is 5.11. The topological polar surface area (TPSA) is 0 Å². The smallest absolute Gasteiger partial charge is 0.00583 e. The fourth-order valence-electron chi connectivity index (χ4n) is 2.11. The molecule has 2 aromatic carbocycles. The molecule has 0 aromatic heterocycles. The van der Waals surface area contributed by atoms with Crippen LogP contribution in [0.5, 0.6) is 0 Å². The minimum absolute atomic E-state index is 0.102. The lowest BCUT2D eigenvalue weighted by Crippen LogP contribution is -2.16. The summed E-state index contributed by atoms with van der Waals surface area (Å²) < 4.78 is 0. The molecule has 0 aliphatic carbocycles. The lowest BCUT2D eigenvalue weighted by atomic mass is 9.79. The summed E-state index contributed by atoms with van der Waals surface area (Å²) in [6.45, 7) is 13.5. The molecule has 0 unspecified atom stereocenters. The zero-order valence-corrected chi connectivity index (χ0v) is 13.5. The highest BCUT2D eigenvalue weighted by Gasteiger charge is 2.21. The van der Waals surface area contributed by atoms with Crippen molar-refractivity contribution in [2.45, 2.75) is 52.4 Å². The Morgan fingerprint density at radius 3 is 2.00 bits per heavy atom. The first kappa shape index (κ1) is 14.8. The Morgan fingerprint density at radius 1 is 0.800 bits per heavy atom. The van der Waals surface area contributed by atoms with E-state index in [0.29, 0.717) is 0 Å². The van der Waals surface area contributed by atoms with E-state index in [4.69, 9.17) is 0 Å². The van der Waals surface area contributed by atoms with E-state index >= 15 is 0 Å². The van der Waals surface area contributed by atoms with Gasteiger partial charge in [-0.2, -0.15) is 0 Å². The van der Waals surface area contributed by atoms with Gasteiger partial charge in [0.05, 0.1) is 0 Å². The Balaban J connectivity index is 2.64. The van der Waals surface area contributed by atoms with Gasteiger partial charge >= 0.3 is 0 Å². The average molecular weight is 264 g/mol. The Kier molecular flexibility index (Phi) is 3.77. The van der Waals surface area contributed by atoms with E-state index < -0.39 is 0 Å². The van der Waals surface area contributed by atoms with E-state index in [2.05, 4.69) is 77.9 Å². The summed E-state index contributed by atoms with van der Waals surface area (Å²) in [6.07, 6.45) is 0. The Labute approximate surface area is 123 Å². The first-order valence-electron chi connectivity index (χ1n) is 7.23. The normalized spacial score (nSPS) is 12.5. The molecule has 104 valence electrons. The second kappa shape index (κ2) is 5.09. The second-order valence-electron chi connectivity index (χ2n) is 7.47. The van der Waals surface area contributed by atoms with Gasteiger partial charge in [-0.1, -0.05) is 71.9 Å². The zero-order valence-electron chi connectivity index (χ0n) is 13.5. The largest absolute Gasteiger partial charge is 0.0616 e. The van der Waals surface area contributed by atoms with E-state index in [1.807, 2.05) is 12.1 Å². The van der Waals surface area contributed by atoms with Crippen LogP contribution in [0.3, 0.4) is 0 Å². The maximum atomic E-state index is 3.58. The lowest BCUT2D eigenvalue weighted by Gasteiger charge is -2.26. The molecule has 2 rings (SSSR count). The van der Waals surface area contributed by atoms with Crippen molar-refractivity contribution < 1.29 is 0 Å². The molecule has 0 aliphatic rings. The molecule has 0 heterocycles. The van der Waals surface area contributed by atoms with E-state index in [1.54, 1.807) is 0 Å². The Bertz CT molecular complexity index is 545. The van der Waals surface area contributed by atoms with Gasteiger partial charge in [0.15, 0.2) is 0 Å². The molecule has 20 heavy (non-hydrogen) atoms. The third kappa shape index (κ3) is 3.30. The van der Waals surface area contributed by atoms with Crippen molar-refractivity contribution in [1.82, 2.24) is 0 Å². The van der Waals surface area contributed by atoms with Gasteiger partial charge in [0.2, 0.25) is 0 Å². The third-order valence-electron chi connectivity index (χ3n) is 3.54. The van der Waals surface area contributed by atoms with Gasteiger partial charge in [0, 0.05) is 0 Å². The summed E-state index contributed by atoms with van der Waals surface area (Å²) in [4.78, 5) is 0. The van der Waals surface area contributed by atoms with Crippen LogP contribution in [0.4, 0.5) is 0 Å². The van der Waals surface area contributed by atoms with Crippen LogP contribution < -0.4 is 0 Å². The second-order valence-corrected chi connectivity index (χ2v) is 7.47. The van der Waals surface area contributed by atoms with Crippen molar-refractivity contribution in [3.05, 3.63) is 59.7 Å². The third-order valence-corrected chi connectivity index (χ3v) is 3.54. The molecule has 0 saturated carbocycles. The van der Waals surface area contributed by atoms with Crippen LogP contribution in [0.1, 0.15) is 52.7 Å². The summed E-state index contributed by atoms with van der Waals surface area (Å²) in [7, 11) is 0. The summed E-state index contributed by atoms with van der Waals surface area (Å²) in [6, 6.07) is 19.6. The van der Waals surface area contributed by atoms with Gasteiger partial charge in [-0.25, -0.2) is 0 Å². The van der Waals surface area contributed by atoms with Crippen LogP contribution in [0, 0.1) is 12.1 Å². The molecule has 0 fully saturated rings. The molecule has 0 nitrogen and oxygen atoms in total. The van der Waals surface area contributed by atoms with E-state index in [9.17, 15) is 0 Å². The predicted molar refractivity (Wildman–Crippen MR) is 87.0 cm³/mol. The van der Waals surface area contributed by atoms with Crippen LogP contribution in [-0.2, 0) is 10.8 Å². The maximum absolute atomic E-state index is 3.58. The minimum Gasteiger partial charge on any atom is -0.0616 e. The summed E-state index contributed by atoms with van der Waals surface area (Å²) in [5.74, 6) is 0. The van der Waals surface area contributed by atoms with Gasteiger partial charge in [-0.15, -0.1) is 0 Å². The van der Waals surface area contributed by atoms with Gasteiger partial charge in [0.25, 0.3) is 0 Å². The highest BCUT2D eigenvalue weighted by atomic mass is 14.2. The number of rotatable bonds is 1. The molecular weight excluding hydrogens is 240 g/mol. The average Bonchev–Trinajstić information content (AvgIpc) is 2.37. The van der Waals surface area contributed by atoms with E-state index in [-0.39, 0.29) is 10.8 Å². The molecule has 0 aliphatic heterocycles. The first-order chi connectivity index (χ1) is 9.18. The molecule has 0 saturated heterocycles. The lowest BCUT2D eigenvalue weighted by molar-refractivity contribution is 0.568. The van der Waals surface area contributed by atoms with Crippen LogP contribution in [-0.4, -0.2) is 0 Å². The van der Waals surface area contributed by atoms with Gasteiger partial charge in [-0.05, 0) is 51.3 Å². The molecule has 0 atom stereocenters. The fraction of sp³-hybridized carbons (Fsp3) is 0.400. The predicted octanol–water partition coefficient (Wildman–Crippen LogP) is 5.55. The number of hydrogen-bond donors (Lipinski definition) is 0. The van der Waals surface area contributed by atoms with Crippen molar-refractivity contribution in [1.29, 1.82) is 0 Å². The van der Waals surface area contributed by atoms with Crippen molar-refractivity contribution >= 4 is 0 Å². The van der Waals surface area contributed by atoms with Crippen LogP contribution in [0.2, 0.25) is 0 Å². The monoisotopic (exact) mass is 264 g/mol. The molecular formula is C20H24. The highest BCUT2D eigenvalue weighted by molar-refractivity contribution is 5.64. The molecule has 0 N–H and O–H groups in total. The summed E-state index contributed by atoms with van der Waals surface area (Å²) in [5, 5.41) is 0. The SMILES string of the molecule is CC(C)(C)c1[c]c(-c2[c]cccc2)cc(C(C)(C)C)c1. The van der Waals surface area contributed by atoms with Crippen molar-refractivity contribution in [2.75, 3.05) is 0 Å².